The third-order valence-electron chi connectivity index (χ3n) is 10.0. The molecule has 1 aromatic rings. The summed E-state index contributed by atoms with van der Waals surface area (Å²) < 4.78 is 6.33. The minimum absolute atomic E-state index is 0.0275. The van der Waals surface area contributed by atoms with Gasteiger partial charge in [0.15, 0.2) is 0 Å². The van der Waals surface area contributed by atoms with Crippen molar-refractivity contribution in [1.82, 2.24) is 20.4 Å². The minimum atomic E-state index is -0.591. The van der Waals surface area contributed by atoms with Gasteiger partial charge in [-0.25, -0.2) is 0 Å². The molecule has 3 amide bonds. The number of nitrogens with one attached hydrogen (secondary N) is 2. The van der Waals surface area contributed by atoms with Crippen molar-refractivity contribution in [2.24, 2.45) is 5.41 Å². The lowest BCUT2D eigenvalue weighted by Gasteiger charge is -2.50. The Balaban J connectivity index is 1.06. The van der Waals surface area contributed by atoms with Crippen molar-refractivity contribution in [3.63, 3.8) is 0 Å². The number of ether oxygens (including phenoxy) is 1. The molecule has 0 unspecified atom stereocenters. The monoisotopic (exact) mass is 478 g/mol. The number of hydrogen-bond acceptors (Lipinski definition) is 6. The average molecular weight is 479 g/mol. The summed E-state index contributed by atoms with van der Waals surface area (Å²) in [5.41, 5.74) is 3.44. The second-order valence-electron chi connectivity index (χ2n) is 11.8. The van der Waals surface area contributed by atoms with Crippen molar-refractivity contribution in [1.29, 1.82) is 0 Å². The van der Waals surface area contributed by atoms with E-state index in [9.17, 15) is 14.4 Å². The Kier molecular flexibility index (Phi) is 4.84. The third-order valence-corrected chi connectivity index (χ3v) is 10.0. The van der Waals surface area contributed by atoms with E-state index in [2.05, 4.69) is 21.6 Å². The third kappa shape index (κ3) is 3.29. The van der Waals surface area contributed by atoms with Gasteiger partial charge in [-0.1, -0.05) is 6.07 Å². The van der Waals surface area contributed by atoms with Crippen molar-refractivity contribution in [2.75, 3.05) is 32.8 Å². The van der Waals surface area contributed by atoms with Gasteiger partial charge in [-0.3, -0.25) is 19.7 Å². The van der Waals surface area contributed by atoms with E-state index in [0.717, 1.165) is 43.3 Å². The molecule has 4 fully saturated rings. The second-order valence-corrected chi connectivity index (χ2v) is 11.8. The van der Waals surface area contributed by atoms with Crippen LogP contribution in [0, 0.1) is 5.41 Å². The molecule has 6 aliphatic rings. The number of amides is 3. The Morgan fingerprint density at radius 2 is 1.74 bits per heavy atom. The Bertz CT molecular complexity index is 1090. The number of hydrogen-bond donors (Lipinski definition) is 2. The fraction of sp³-hybridized carbons (Fsp3) is 0.667. The molecule has 2 N–H and O–H groups in total. The molecular weight excluding hydrogens is 444 g/mol. The number of carbonyl (C=O) groups is 3. The molecule has 1 aliphatic carbocycles. The molecule has 1 atom stereocenters. The molecule has 186 valence electrons. The highest BCUT2D eigenvalue weighted by Crippen LogP contribution is 2.50. The molecule has 7 rings (SSSR count). The number of benzene rings is 1. The summed E-state index contributed by atoms with van der Waals surface area (Å²) in [7, 11) is 0. The smallest absolute Gasteiger partial charge is 0.255 e. The van der Waals surface area contributed by atoms with Crippen LogP contribution in [0.25, 0.3) is 0 Å². The van der Waals surface area contributed by atoms with Gasteiger partial charge in [-0.05, 0) is 69.5 Å². The van der Waals surface area contributed by atoms with E-state index in [1.165, 1.54) is 44.3 Å². The van der Waals surface area contributed by atoms with Gasteiger partial charge in [-0.2, -0.15) is 0 Å². The normalized spacial score (nSPS) is 29.7. The number of rotatable bonds is 2. The van der Waals surface area contributed by atoms with Crippen LogP contribution in [0.5, 0.6) is 5.75 Å². The predicted molar refractivity (Wildman–Crippen MR) is 128 cm³/mol. The molecule has 35 heavy (non-hydrogen) atoms. The van der Waals surface area contributed by atoms with Gasteiger partial charge < -0.3 is 19.9 Å². The molecule has 0 aromatic heterocycles. The second kappa shape index (κ2) is 7.77. The molecule has 8 heteroatoms. The average Bonchev–Trinajstić information content (AvgIpc) is 3.37. The molecule has 8 nitrogen and oxygen atoms in total. The molecule has 2 spiro atoms. The van der Waals surface area contributed by atoms with Crippen LogP contribution in [-0.2, 0) is 21.5 Å². The van der Waals surface area contributed by atoms with Crippen LogP contribution in [0.2, 0.25) is 0 Å². The van der Waals surface area contributed by atoms with Gasteiger partial charge in [0.2, 0.25) is 11.8 Å². The largest absolute Gasteiger partial charge is 0.492 e. The first-order valence-corrected chi connectivity index (χ1v) is 13.4. The molecule has 3 saturated heterocycles. The summed E-state index contributed by atoms with van der Waals surface area (Å²) >= 11 is 0. The quantitative estimate of drug-likeness (QED) is 0.629. The number of fused-ring (bicyclic) bond motifs is 4. The van der Waals surface area contributed by atoms with Crippen LogP contribution >= 0.6 is 0 Å². The van der Waals surface area contributed by atoms with Gasteiger partial charge in [-0.15, -0.1) is 0 Å². The van der Waals surface area contributed by atoms with E-state index in [1.54, 1.807) is 4.90 Å². The minimum Gasteiger partial charge on any atom is -0.492 e. The van der Waals surface area contributed by atoms with E-state index in [0.29, 0.717) is 30.6 Å². The van der Waals surface area contributed by atoms with E-state index < -0.39 is 6.04 Å². The molecule has 5 heterocycles. The Morgan fingerprint density at radius 1 is 0.971 bits per heavy atom. The molecule has 0 radical (unpaired) electrons. The number of nitrogens with zero attached hydrogens (tertiary/aromatic N) is 2. The maximum atomic E-state index is 13.2. The van der Waals surface area contributed by atoms with Crippen molar-refractivity contribution >= 4 is 17.7 Å². The highest BCUT2D eigenvalue weighted by Gasteiger charge is 2.49. The van der Waals surface area contributed by atoms with Crippen LogP contribution in [0.1, 0.15) is 72.9 Å². The lowest BCUT2D eigenvalue weighted by Crippen LogP contribution is -2.57. The Hall–Kier alpha value is -2.45. The highest BCUT2D eigenvalue weighted by molar-refractivity contribution is 6.05. The van der Waals surface area contributed by atoms with Crippen LogP contribution < -0.4 is 15.4 Å². The van der Waals surface area contributed by atoms with Crippen molar-refractivity contribution in [2.45, 2.75) is 75.4 Å². The maximum Gasteiger partial charge on any atom is 0.255 e. The van der Waals surface area contributed by atoms with E-state index in [1.807, 2.05) is 6.07 Å². The summed E-state index contributed by atoms with van der Waals surface area (Å²) in [5.74, 6) is 0.108. The number of carbonyl (C=O) groups excluding carboxylic acids is 3. The SMILES string of the molecule is O=C1CC[C@H](N2Cc3c(ccc4c3OCC43CCN(C4CCC5(CC4)CNC5)CC3)C2=O)C(=O)N1. The molecule has 1 saturated carbocycles. The molecular formula is C27H34N4O4. The van der Waals surface area contributed by atoms with Gasteiger partial charge in [0.25, 0.3) is 5.91 Å². The predicted octanol–water partition coefficient (Wildman–Crippen LogP) is 1.71. The van der Waals surface area contributed by atoms with E-state index >= 15 is 0 Å². The molecule has 1 aromatic carbocycles. The summed E-state index contributed by atoms with van der Waals surface area (Å²) in [6.45, 7) is 5.70. The summed E-state index contributed by atoms with van der Waals surface area (Å²) in [6.07, 6.45) is 8.21. The first-order valence-electron chi connectivity index (χ1n) is 13.4. The van der Waals surface area contributed by atoms with Gasteiger partial charge in [0.05, 0.1) is 13.2 Å². The van der Waals surface area contributed by atoms with Crippen LogP contribution in [0.15, 0.2) is 12.1 Å². The number of piperidine rings is 2. The van der Waals surface area contributed by atoms with Gasteiger partial charge in [0, 0.05) is 47.7 Å². The molecule has 0 bridgehead atoms. The van der Waals surface area contributed by atoms with Crippen molar-refractivity contribution < 1.29 is 19.1 Å². The fourth-order valence-corrected chi connectivity index (χ4v) is 7.63. The van der Waals surface area contributed by atoms with Crippen molar-refractivity contribution in [3.05, 3.63) is 28.8 Å². The zero-order chi connectivity index (χ0) is 23.8. The zero-order valence-corrected chi connectivity index (χ0v) is 20.2. The summed E-state index contributed by atoms with van der Waals surface area (Å²) in [5, 5.41) is 5.85. The first-order chi connectivity index (χ1) is 17.0. The zero-order valence-electron chi connectivity index (χ0n) is 20.2. The van der Waals surface area contributed by atoms with E-state index in [4.69, 9.17) is 4.74 Å². The maximum absolute atomic E-state index is 13.2. The lowest BCUT2D eigenvalue weighted by atomic mass is 9.67. The van der Waals surface area contributed by atoms with Crippen molar-refractivity contribution in [3.8, 4) is 5.75 Å². The Labute approximate surface area is 205 Å². The topological polar surface area (TPSA) is 91.0 Å². The lowest BCUT2D eigenvalue weighted by molar-refractivity contribution is -0.136. The summed E-state index contributed by atoms with van der Waals surface area (Å²) in [4.78, 5) is 41.5. The number of imide groups is 1. The standard InChI is InChI=1S/C27H34N4O4/c32-22-4-3-21(24(33)29-22)31-13-19-18(25(31)34)1-2-20-23(19)35-16-27(20)9-11-30(12-10-27)17-5-7-26(8-6-17)14-28-15-26/h1-2,17,21,28H,3-16H2,(H,29,32,33)/t21-/m0/s1. The Morgan fingerprint density at radius 3 is 2.43 bits per heavy atom. The highest BCUT2D eigenvalue weighted by atomic mass is 16.5. The number of likely N-dealkylation sites (tertiary alicyclic amines) is 1. The van der Waals surface area contributed by atoms with Crippen LogP contribution in [0.4, 0.5) is 0 Å². The fourth-order valence-electron chi connectivity index (χ4n) is 7.63. The summed E-state index contributed by atoms with van der Waals surface area (Å²) in [6, 6.07) is 4.18. The van der Waals surface area contributed by atoms with Gasteiger partial charge >= 0.3 is 0 Å². The van der Waals surface area contributed by atoms with E-state index in [-0.39, 0.29) is 29.6 Å². The van der Waals surface area contributed by atoms with Gasteiger partial charge in [0.1, 0.15) is 11.8 Å². The molecule has 5 aliphatic heterocycles. The first kappa shape index (κ1) is 21.8. The van der Waals surface area contributed by atoms with Crippen LogP contribution in [0.3, 0.4) is 0 Å². The van der Waals surface area contributed by atoms with Crippen LogP contribution in [-0.4, -0.2) is 72.4 Å².